The van der Waals surface area contributed by atoms with Gasteiger partial charge in [-0.3, -0.25) is 4.31 Å². The van der Waals surface area contributed by atoms with Crippen LogP contribution in [0.5, 0.6) is 5.75 Å². The second-order valence-electron chi connectivity index (χ2n) is 5.25. The van der Waals surface area contributed by atoms with E-state index < -0.39 is 10.0 Å². The van der Waals surface area contributed by atoms with Gasteiger partial charge in [0, 0.05) is 13.1 Å². The van der Waals surface area contributed by atoms with Crippen molar-refractivity contribution < 1.29 is 13.2 Å². The minimum atomic E-state index is -3.32. The van der Waals surface area contributed by atoms with Crippen LogP contribution in [0.3, 0.4) is 0 Å². The number of nitrogen functional groups attached to an aromatic ring is 1. The van der Waals surface area contributed by atoms with Crippen LogP contribution in [0.2, 0.25) is 0 Å². The third-order valence-electron chi connectivity index (χ3n) is 3.14. The van der Waals surface area contributed by atoms with Crippen LogP contribution in [-0.2, 0) is 10.0 Å². The minimum absolute atomic E-state index is 0.0944. The Bertz CT molecular complexity index is 799. The number of hydrogen-bond donors (Lipinski definition) is 2. The van der Waals surface area contributed by atoms with Gasteiger partial charge in [0.1, 0.15) is 18.7 Å². The molecule has 9 nitrogen and oxygen atoms in total. The van der Waals surface area contributed by atoms with E-state index in [0.29, 0.717) is 24.0 Å². The summed E-state index contributed by atoms with van der Waals surface area (Å²) in [6.45, 7) is 2.23. The molecule has 1 atom stereocenters. The molecule has 0 spiro atoms. The fourth-order valence-electron chi connectivity index (χ4n) is 1.82. The van der Waals surface area contributed by atoms with E-state index in [9.17, 15) is 8.42 Å². The largest absolute Gasteiger partial charge is 0.491 e. The molecule has 1 aromatic carbocycles. The summed E-state index contributed by atoms with van der Waals surface area (Å²) in [5, 5.41) is 3.04. The standard InChI is InChI=1S/C14H20N6O3S/c1-10(18-14-17-9-16-13(15)19-14)8-23-12-6-4-5-11(7-12)20(2)24(3,21)22/h4-7,9-10H,8H2,1-3H3,(H3,15,16,17,18,19). The fourth-order valence-corrected chi connectivity index (χ4v) is 2.32. The van der Waals surface area contributed by atoms with Crippen LogP contribution in [0.1, 0.15) is 6.92 Å². The zero-order chi connectivity index (χ0) is 17.7. The van der Waals surface area contributed by atoms with Gasteiger partial charge in [0.2, 0.25) is 21.9 Å². The average Bonchev–Trinajstić information content (AvgIpc) is 2.51. The van der Waals surface area contributed by atoms with Crippen LogP contribution in [0, 0.1) is 0 Å². The number of nitrogens with zero attached hydrogens (tertiary/aromatic N) is 4. The number of aromatic nitrogens is 3. The van der Waals surface area contributed by atoms with Gasteiger partial charge < -0.3 is 15.8 Å². The van der Waals surface area contributed by atoms with Crippen molar-refractivity contribution in [1.82, 2.24) is 15.0 Å². The lowest BCUT2D eigenvalue weighted by atomic mass is 10.3. The van der Waals surface area contributed by atoms with Crippen LogP contribution in [0.15, 0.2) is 30.6 Å². The number of nitrogens with two attached hydrogens (primary N) is 1. The van der Waals surface area contributed by atoms with Gasteiger partial charge in [0.05, 0.1) is 18.0 Å². The molecule has 0 radical (unpaired) electrons. The lowest BCUT2D eigenvalue weighted by Gasteiger charge is -2.18. The second-order valence-corrected chi connectivity index (χ2v) is 7.27. The molecule has 2 rings (SSSR count). The Balaban J connectivity index is 1.97. The molecular weight excluding hydrogens is 332 g/mol. The molecule has 1 heterocycles. The minimum Gasteiger partial charge on any atom is -0.491 e. The third-order valence-corrected chi connectivity index (χ3v) is 4.35. The Morgan fingerprint density at radius 3 is 2.79 bits per heavy atom. The molecule has 0 fully saturated rings. The van der Waals surface area contributed by atoms with Crippen LogP contribution in [-0.4, -0.2) is 49.3 Å². The number of rotatable bonds is 7. The van der Waals surface area contributed by atoms with Gasteiger partial charge in [-0.1, -0.05) is 6.07 Å². The Labute approximate surface area is 140 Å². The molecule has 1 unspecified atom stereocenters. The quantitative estimate of drug-likeness (QED) is 0.747. The molecule has 24 heavy (non-hydrogen) atoms. The van der Waals surface area contributed by atoms with E-state index in [-0.39, 0.29) is 12.0 Å². The summed E-state index contributed by atoms with van der Waals surface area (Å²) in [5.74, 6) is 1.06. The van der Waals surface area contributed by atoms with E-state index in [2.05, 4.69) is 20.3 Å². The number of benzene rings is 1. The SMILES string of the molecule is CC(COc1cccc(N(C)S(C)(=O)=O)c1)Nc1ncnc(N)n1. The Hall–Kier alpha value is -2.62. The van der Waals surface area contributed by atoms with E-state index in [1.807, 2.05) is 6.92 Å². The van der Waals surface area contributed by atoms with Gasteiger partial charge in [0.15, 0.2) is 0 Å². The van der Waals surface area contributed by atoms with E-state index >= 15 is 0 Å². The van der Waals surface area contributed by atoms with Crippen molar-refractivity contribution in [3.8, 4) is 5.75 Å². The molecule has 2 aromatic rings. The molecule has 0 bridgehead atoms. The Kier molecular flexibility index (Phi) is 5.39. The predicted molar refractivity (Wildman–Crippen MR) is 92.5 cm³/mol. The summed E-state index contributed by atoms with van der Waals surface area (Å²) in [7, 11) is -1.83. The van der Waals surface area contributed by atoms with Crippen LogP contribution < -0.4 is 20.1 Å². The van der Waals surface area contributed by atoms with Crippen molar-refractivity contribution in [2.75, 3.05) is 35.3 Å². The predicted octanol–water partition coefficient (Wildman–Crippen LogP) is 0.729. The van der Waals surface area contributed by atoms with Gasteiger partial charge in [0.25, 0.3) is 0 Å². The highest BCUT2D eigenvalue weighted by molar-refractivity contribution is 7.92. The maximum absolute atomic E-state index is 11.6. The molecule has 130 valence electrons. The molecule has 0 saturated heterocycles. The third kappa shape index (κ3) is 4.95. The van der Waals surface area contributed by atoms with Crippen molar-refractivity contribution in [3.05, 3.63) is 30.6 Å². The number of sulfonamides is 1. The van der Waals surface area contributed by atoms with E-state index in [1.165, 1.54) is 17.7 Å². The monoisotopic (exact) mass is 352 g/mol. The topological polar surface area (TPSA) is 123 Å². The molecule has 3 N–H and O–H groups in total. The van der Waals surface area contributed by atoms with Gasteiger partial charge in [-0.25, -0.2) is 18.4 Å². The van der Waals surface area contributed by atoms with E-state index in [4.69, 9.17) is 10.5 Å². The molecule has 10 heteroatoms. The van der Waals surface area contributed by atoms with E-state index in [0.717, 1.165) is 6.26 Å². The van der Waals surface area contributed by atoms with Crippen LogP contribution >= 0.6 is 0 Å². The van der Waals surface area contributed by atoms with Crippen molar-refractivity contribution in [1.29, 1.82) is 0 Å². The lowest BCUT2D eigenvalue weighted by molar-refractivity contribution is 0.303. The first-order chi connectivity index (χ1) is 11.3. The van der Waals surface area contributed by atoms with Crippen molar-refractivity contribution in [2.45, 2.75) is 13.0 Å². The molecule has 0 aliphatic heterocycles. The van der Waals surface area contributed by atoms with Gasteiger partial charge >= 0.3 is 0 Å². The Morgan fingerprint density at radius 2 is 2.12 bits per heavy atom. The zero-order valence-electron chi connectivity index (χ0n) is 13.7. The zero-order valence-corrected chi connectivity index (χ0v) is 14.5. The highest BCUT2D eigenvalue weighted by Crippen LogP contribution is 2.22. The Morgan fingerprint density at radius 1 is 1.38 bits per heavy atom. The fraction of sp³-hybridized carbons (Fsp3) is 0.357. The van der Waals surface area contributed by atoms with Crippen molar-refractivity contribution >= 4 is 27.6 Å². The number of hydrogen-bond acceptors (Lipinski definition) is 8. The van der Waals surface area contributed by atoms with Gasteiger partial charge in [-0.15, -0.1) is 0 Å². The highest BCUT2D eigenvalue weighted by atomic mass is 32.2. The summed E-state index contributed by atoms with van der Waals surface area (Å²) in [6, 6.07) is 6.76. The normalized spacial score (nSPS) is 12.5. The molecular formula is C14H20N6O3S. The van der Waals surface area contributed by atoms with Crippen molar-refractivity contribution in [2.24, 2.45) is 0 Å². The van der Waals surface area contributed by atoms with E-state index in [1.54, 1.807) is 24.3 Å². The maximum Gasteiger partial charge on any atom is 0.231 e. The summed E-state index contributed by atoms with van der Waals surface area (Å²) in [4.78, 5) is 11.6. The van der Waals surface area contributed by atoms with Crippen molar-refractivity contribution in [3.63, 3.8) is 0 Å². The first-order valence-corrected chi connectivity index (χ1v) is 8.98. The summed E-state index contributed by atoms with van der Waals surface area (Å²) in [5.41, 5.74) is 6.02. The second kappa shape index (κ2) is 7.30. The summed E-state index contributed by atoms with van der Waals surface area (Å²) >= 11 is 0. The highest BCUT2D eigenvalue weighted by Gasteiger charge is 2.13. The van der Waals surface area contributed by atoms with Gasteiger partial charge in [-0.2, -0.15) is 4.98 Å². The smallest absolute Gasteiger partial charge is 0.231 e. The number of ether oxygens (including phenoxy) is 1. The molecule has 0 aliphatic rings. The first kappa shape index (κ1) is 17.7. The first-order valence-electron chi connectivity index (χ1n) is 7.13. The molecule has 0 amide bonds. The number of anilines is 3. The molecule has 0 aliphatic carbocycles. The van der Waals surface area contributed by atoms with Crippen LogP contribution in [0.25, 0.3) is 0 Å². The van der Waals surface area contributed by atoms with Crippen LogP contribution in [0.4, 0.5) is 17.6 Å². The van der Waals surface area contributed by atoms with Gasteiger partial charge in [-0.05, 0) is 19.1 Å². The molecule has 0 saturated carbocycles. The molecule has 1 aromatic heterocycles. The summed E-state index contributed by atoms with van der Waals surface area (Å²) in [6.07, 6.45) is 2.47. The number of nitrogens with one attached hydrogen (secondary N) is 1. The maximum atomic E-state index is 11.6. The summed E-state index contributed by atoms with van der Waals surface area (Å²) < 4.78 is 30.0. The average molecular weight is 352 g/mol. The lowest BCUT2D eigenvalue weighted by Crippen LogP contribution is -2.26.